The Balaban J connectivity index is 5.23. The van der Waals surface area contributed by atoms with Crippen molar-refractivity contribution < 1.29 is 80.2 Å². The van der Waals surface area contributed by atoms with Gasteiger partial charge in [-0.1, -0.05) is 414 Å². The zero-order valence-electron chi connectivity index (χ0n) is 69.7. The fraction of sp³-hybridized carbons (Fsp3) is 0.954. The van der Waals surface area contributed by atoms with Gasteiger partial charge in [-0.25, -0.2) is 9.13 Å². The van der Waals surface area contributed by atoms with Crippen molar-refractivity contribution in [3.05, 3.63) is 0 Å². The van der Waals surface area contributed by atoms with Gasteiger partial charge in [0.05, 0.1) is 26.4 Å². The van der Waals surface area contributed by atoms with Crippen LogP contribution in [0.3, 0.4) is 0 Å². The van der Waals surface area contributed by atoms with Crippen LogP contribution in [0.15, 0.2) is 0 Å². The van der Waals surface area contributed by atoms with Crippen molar-refractivity contribution in [2.75, 3.05) is 39.6 Å². The zero-order valence-corrected chi connectivity index (χ0v) is 71.5. The number of phosphoric acid groups is 2. The van der Waals surface area contributed by atoms with Crippen LogP contribution in [0, 0.1) is 11.8 Å². The number of carbonyl (C=O) groups excluding carboxylic acids is 4. The normalized spacial score (nSPS) is 14.1. The number of esters is 4. The Hall–Kier alpha value is -1.94. The zero-order chi connectivity index (χ0) is 77.8. The van der Waals surface area contributed by atoms with Crippen molar-refractivity contribution in [2.45, 2.75) is 484 Å². The predicted molar refractivity (Wildman–Crippen MR) is 437 cm³/mol. The predicted octanol–water partition coefficient (Wildman–Crippen LogP) is 26.6. The largest absolute Gasteiger partial charge is 0.472 e. The third kappa shape index (κ3) is 78.7. The number of carbonyl (C=O) groups is 4. The van der Waals surface area contributed by atoms with Crippen molar-refractivity contribution in [1.82, 2.24) is 0 Å². The first-order valence-electron chi connectivity index (χ1n) is 45.0. The molecule has 3 N–H and O–H groups in total. The minimum atomic E-state index is -4.97. The first-order chi connectivity index (χ1) is 51.4. The van der Waals surface area contributed by atoms with E-state index in [0.29, 0.717) is 25.7 Å². The van der Waals surface area contributed by atoms with Crippen LogP contribution in [0.25, 0.3) is 0 Å². The van der Waals surface area contributed by atoms with Crippen LogP contribution in [0.2, 0.25) is 0 Å². The molecule has 6 atom stereocenters. The highest BCUT2D eigenvalue weighted by molar-refractivity contribution is 7.47. The number of hydrogen-bond acceptors (Lipinski definition) is 15. The molecular weight excluding hydrogens is 1380 g/mol. The lowest BCUT2D eigenvalue weighted by Gasteiger charge is -2.21. The monoisotopic (exact) mass is 1550 g/mol. The van der Waals surface area contributed by atoms with Crippen molar-refractivity contribution >= 4 is 39.5 Å². The highest BCUT2D eigenvalue weighted by atomic mass is 31.2. The van der Waals surface area contributed by atoms with Gasteiger partial charge >= 0.3 is 39.5 Å². The summed E-state index contributed by atoms with van der Waals surface area (Å²) in [6.07, 6.45) is 70.8. The number of hydrogen-bond donors (Lipinski definition) is 3. The summed E-state index contributed by atoms with van der Waals surface area (Å²) in [5.41, 5.74) is 0. The van der Waals surface area contributed by atoms with Crippen molar-refractivity contribution in [3.8, 4) is 0 Å². The van der Waals surface area contributed by atoms with E-state index < -0.39 is 97.5 Å². The summed E-state index contributed by atoms with van der Waals surface area (Å²) in [4.78, 5) is 73.3. The molecule has 0 saturated heterocycles. The number of ether oxygens (including phenoxy) is 4. The fourth-order valence-electron chi connectivity index (χ4n) is 13.6. The lowest BCUT2D eigenvalue weighted by molar-refractivity contribution is -0.161. The Bertz CT molecular complexity index is 2030. The summed E-state index contributed by atoms with van der Waals surface area (Å²) in [6, 6.07) is 0. The summed E-state index contributed by atoms with van der Waals surface area (Å²) < 4.78 is 68.9. The number of unbranched alkanes of at least 4 members (excludes halogenated alkanes) is 55. The van der Waals surface area contributed by atoms with Crippen molar-refractivity contribution in [2.24, 2.45) is 11.8 Å². The molecule has 0 saturated carbocycles. The molecule has 0 aromatic rings. The summed E-state index contributed by atoms with van der Waals surface area (Å²) in [7, 11) is -9.93. The van der Waals surface area contributed by atoms with E-state index in [4.69, 9.17) is 37.0 Å². The maximum Gasteiger partial charge on any atom is 0.472 e. The third-order valence-electron chi connectivity index (χ3n) is 20.8. The molecule has 0 aromatic carbocycles. The van der Waals surface area contributed by atoms with Crippen LogP contribution in [-0.4, -0.2) is 96.7 Å². The summed E-state index contributed by atoms with van der Waals surface area (Å²) >= 11 is 0. The molecule has 106 heavy (non-hydrogen) atoms. The Kier molecular flexibility index (Phi) is 76.9. The molecule has 0 aliphatic carbocycles. The smallest absolute Gasteiger partial charge is 0.462 e. The summed E-state index contributed by atoms with van der Waals surface area (Å²) in [5, 5.41) is 10.7. The molecule has 19 heteroatoms. The Morgan fingerprint density at radius 3 is 0.717 bits per heavy atom. The van der Waals surface area contributed by atoms with Crippen LogP contribution in [-0.2, 0) is 65.4 Å². The standard InChI is InChI=1S/C87H170O17P2/c1-7-10-12-14-16-18-20-22-24-25-29-33-36-40-44-51-57-63-69-84(89)97-75-82(103-86(91)72-66-60-54-46-42-38-34-30-27-26-28-32-35-39-43-50-56-62-68-80(6)9-3)77-101-105(93,94)99-73-81(88)74-100-106(95,96)102-78-83(76-98-85(90)70-64-58-52-48-47-49-55-61-67-79(4)5)104-87(92)71-65-59-53-45-41-37-31-23-21-19-17-15-13-11-8-2/h79-83,88H,7-78H2,1-6H3,(H,93,94)(H,95,96)/t80?,81-,82-,83-/m1/s1. The van der Waals surface area contributed by atoms with Crippen molar-refractivity contribution in [1.29, 1.82) is 0 Å². The van der Waals surface area contributed by atoms with E-state index in [-0.39, 0.29) is 25.7 Å². The van der Waals surface area contributed by atoms with E-state index in [1.807, 2.05) is 0 Å². The lowest BCUT2D eigenvalue weighted by Crippen LogP contribution is -2.30. The van der Waals surface area contributed by atoms with Crippen LogP contribution in [0.5, 0.6) is 0 Å². The average molecular weight is 1550 g/mol. The molecule has 3 unspecified atom stereocenters. The fourth-order valence-corrected chi connectivity index (χ4v) is 15.1. The third-order valence-corrected chi connectivity index (χ3v) is 22.7. The van der Waals surface area contributed by atoms with E-state index in [1.54, 1.807) is 0 Å². The molecule has 0 fully saturated rings. The molecule has 0 aliphatic rings. The molecule has 0 radical (unpaired) electrons. The maximum absolute atomic E-state index is 13.2. The van der Waals surface area contributed by atoms with E-state index in [1.165, 1.54) is 283 Å². The van der Waals surface area contributed by atoms with Gasteiger partial charge in [-0.2, -0.15) is 0 Å². The van der Waals surface area contributed by atoms with Crippen LogP contribution in [0.4, 0.5) is 0 Å². The maximum atomic E-state index is 13.2. The second-order valence-electron chi connectivity index (χ2n) is 32.0. The quantitative estimate of drug-likeness (QED) is 0.0222. The van der Waals surface area contributed by atoms with Crippen LogP contribution in [0.1, 0.15) is 465 Å². The van der Waals surface area contributed by atoms with Gasteiger partial charge in [-0.05, 0) is 37.5 Å². The molecule has 0 heterocycles. The van der Waals surface area contributed by atoms with Gasteiger partial charge in [0.25, 0.3) is 0 Å². The van der Waals surface area contributed by atoms with Gasteiger partial charge < -0.3 is 33.8 Å². The SMILES string of the molecule is CCCCCCCCCCCCCCCCCCCCC(=O)OC[C@H](COP(=O)(O)OC[C@@H](O)COP(=O)(O)OC[C@@H](COC(=O)CCCCCCCCCCC(C)C)OC(=O)CCCCCCCCCCCCCCCCC)OC(=O)CCCCCCCCCCCCCCCCCCCCC(C)CC. The second-order valence-corrected chi connectivity index (χ2v) is 34.9. The van der Waals surface area contributed by atoms with Gasteiger partial charge in [0, 0.05) is 25.7 Å². The molecule has 17 nitrogen and oxygen atoms in total. The topological polar surface area (TPSA) is 237 Å². The van der Waals surface area contributed by atoms with E-state index in [0.717, 1.165) is 102 Å². The highest BCUT2D eigenvalue weighted by Crippen LogP contribution is 2.45. The molecule has 0 rings (SSSR count). The van der Waals surface area contributed by atoms with E-state index in [9.17, 15) is 43.2 Å². The minimum Gasteiger partial charge on any atom is -0.462 e. The molecule has 0 spiro atoms. The van der Waals surface area contributed by atoms with E-state index in [2.05, 4.69) is 41.5 Å². The average Bonchev–Trinajstić information content (AvgIpc) is 0.921. The Morgan fingerprint density at radius 2 is 0.481 bits per heavy atom. The molecule has 630 valence electrons. The number of phosphoric ester groups is 2. The van der Waals surface area contributed by atoms with Crippen LogP contribution < -0.4 is 0 Å². The van der Waals surface area contributed by atoms with Gasteiger partial charge in [-0.3, -0.25) is 37.3 Å². The second kappa shape index (κ2) is 78.3. The lowest BCUT2D eigenvalue weighted by atomic mass is 9.99. The Morgan fingerprint density at radius 1 is 0.274 bits per heavy atom. The Labute approximate surface area is 651 Å². The van der Waals surface area contributed by atoms with Gasteiger partial charge in [0.15, 0.2) is 12.2 Å². The summed E-state index contributed by atoms with van der Waals surface area (Å²) in [6.45, 7) is 9.71. The number of aliphatic hydroxyl groups excluding tert-OH is 1. The van der Waals surface area contributed by atoms with Gasteiger partial charge in [-0.15, -0.1) is 0 Å². The molecule has 0 aromatic heterocycles. The number of rotatable bonds is 86. The summed E-state index contributed by atoms with van der Waals surface area (Å²) in [5.74, 6) is -0.503. The van der Waals surface area contributed by atoms with E-state index >= 15 is 0 Å². The first kappa shape index (κ1) is 104. The molecule has 0 amide bonds. The minimum absolute atomic E-state index is 0.108. The van der Waals surface area contributed by atoms with Gasteiger partial charge in [0.2, 0.25) is 0 Å². The highest BCUT2D eigenvalue weighted by Gasteiger charge is 2.30. The van der Waals surface area contributed by atoms with Gasteiger partial charge in [0.1, 0.15) is 19.3 Å². The molecular formula is C87H170O17P2. The molecule has 0 bridgehead atoms. The van der Waals surface area contributed by atoms with Crippen molar-refractivity contribution in [3.63, 3.8) is 0 Å². The number of aliphatic hydroxyl groups is 1. The van der Waals surface area contributed by atoms with Crippen LogP contribution >= 0.6 is 15.6 Å². The first-order valence-corrected chi connectivity index (χ1v) is 48.0. The molecule has 0 aliphatic heterocycles.